The second kappa shape index (κ2) is 8.42. The number of carbonyl (C=O) groups is 3. The number of carbonyl (C=O) groups excluding carboxylic acids is 3. The highest BCUT2D eigenvalue weighted by Gasteiger charge is 2.59. The van der Waals surface area contributed by atoms with Crippen LogP contribution in [0.25, 0.3) is 0 Å². The summed E-state index contributed by atoms with van der Waals surface area (Å²) < 4.78 is 0. The van der Waals surface area contributed by atoms with Crippen LogP contribution < -0.4 is 5.32 Å². The second-order valence-electron chi connectivity index (χ2n) is 12.0. The van der Waals surface area contributed by atoms with E-state index in [0.717, 1.165) is 31.7 Å². The Hall–Kier alpha value is -1.85. The summed E-state index contributed by atoms with van der Waals surface area (Å²) in [6.45, 7) is 6.82. The molecule has 0 spiro atoms. The van der Waals surface area contributed by atoms with Crippen molar-refractivity contribution in [2.24, 2.45) is 28.6 Å². The Kier molecular flexibility index (Phi) is 5.85. The fourth-order valence-electron chi connectivity index (χ4n) is 8.55. The molecule has 0 aromatic heterocycles. The molecule has 1 N–H and O–H groups in total. The standard InChI is InChI=1S/C27H41N3O3/c1-26-12-4-7-20(26)18-9-10-22-27(2,21(18)11-13-26)17-19(25(33)29(22)3)24(32)28-14-6-16-30-15-5-8-23(30)31/h17-18,20-22H,4-16H2,1-3H3,(H,28,32)/t18-,20-,21+,22?,26-,27+/m0/s1. The van der Waals surface area contributed by atoms with Gasteiger partial charge in [0.25, 0.3) is 11.8 Å². The van der Waals surface area contributed by atoms with E-state index in [9.17, 15) is 14.4 Å². The van der Waals surface area contributed by atoms with Crippen molar-refractivity contribution < 1.29 is 14.4 Å². The zero-order valence-electron chi connectivity index (χ0n) is 20.7. The zero-order valence-corrected chi connectivity index (χ0v) is 20.7. The summed E-state index contributed by atoms with van der Waals surface area (Å²) in [7, 11) is 1.90. The molecule has 3 aliphatic carbocycles. The maximum absolute atomic E-state index is 13.2. The molecule has 0 aromatic rings. The molecule has 1 saturated heterocycles. The first-order chi connectivity index (χ1) is 15.7. The maximum Gasteiger partial charge on any atom is 0.259 e. The number of nitrogens with one attached hydrogen (secondary N) is 1. The molecule has 0 aromatic carbocycles. The van der Waals surface area contributed by atoms with Crippen LogP contribution in [0.3, 0.4) is 0 Å². The van der Waals surface area contributed by atoms with Gasteiger partial charge in [-0.2, -0.15) is 0 Å². The van der Waals surface area contributed by atoms with Gasteiger partial charge in [-0.25, -0.2) is 0 Å². The van der Waals surface area contributed by atoms with Crippen LogP contribution in [0.2, 0.25) is 0 Å². The summed E-state index contributed by atoms with van der Waals surface area (Å²) in [4.78, 5) is 41.8. The monoisotopic (exact) mass is 455 g/mol. The molecule has 3 saturated carbocycles. The molecule has 6 atom stereocenters. The van der Waals surface area contributed by atoms with E-state index in [1.165, 1.54) is 38.5 Å². The van der Waals surface area contributed by atoms with Crippen molar-refractivity contribution in [2.75, 3.05) is 26.7 Å². The summed E-state index contributed by atoms with van der Waals surface area (Å²) in [5.41, 5.74) is 0.694. The number of hydrogen-bond acceptors (Lipinski definition) is 3. The molecule has 4 fully saturated rings. The lowest BCUT2D eigenvalue weighted by Gasteiger charge is -2.60. The Morgan fingerprint density at radius 1 is 1.09 bits per heavy atom. The molecule has 33 heavy (non-hydrogen) atoms. The van der Waals surface area contributed by atoms with Crippen molar-refractivity contribution in [3.05, 3.63) is 11.6 Å². The van der Waals surface area contributed by atoms with Crippen molar-refractivity contribution in [1.29, 1.82) is 0 Å². The summed E-state index contributed by atoms with van der Waals surface area (Å²) in [6, 6.07) is 0.190. The minimum absolute atomic E-state index is 0.135. The van der Waals surface area contributed by atoms with E-state index in [-0.39, 0.29) is 29.2 Å². The number of nitrogens with zero attached hydrogens (tertiary/aromatic N) is 2. The number of likely N-dealkylation sites (tertiary alicyclic amines) is 1. The third-order valence-corrected chi connectivity index (χ3v) is 10.3. The average molecular weight is 456 g/mol. The van der Waals surface area contributed by atoms with Gasteiger partial charge >= 0.3 is 0 Å². The van der Waals surface area contributed by atoms with Crippen molar-refractivity contribution in [2.45, 2.75) is 84.1 Å². The van der Waals surface area contributed by atoms with Crippen LogP contribution in [0, 0.1) is 28.6 Å². The predicted octanol–water partition coefficient (Wildman–Crippen LogP) is 3.51. The lowest BCUT2D eigenvalue weighted by atomic mass is 9.48. The van der Waals surface area contributed by atoms with E-state index >= 15 is 0 Å². The summed E-state index contributed by atoms with van der Waals surface area (Å²) in [6.07, 6.45) is 13.2. The van der Waals surface area contributed by atoms with Crippen molar-refractivity contribution in [1.82, 2.24) is 15.1 Å². The van der Waals surface area contributed by atoms with Gasteiger partial charge in [0.05, 0.1) is 0 Å². The minimum atomic E-state index is -0.247. The molecular formula is C27H41N3O3. The molecule has 6 nitrogen and oxygen atoms in total. The van der Waals surface area contributed by atoms with E-state index in [1.807, 2.05) is 16.8 Å². The first-order valence-electron chi connectivity index (χ1n) is 13.3. The lowest BCUT2D eigenvalue weighted by molar-refractivity contribution is -0.141. The Morgan fingerprint density at radius 3 is 2.67 bits per heavy atom. The highest BCUT2D eigenvalue weighted by atomic mass is 16.2. The second-order valence-corrected chi connectivity index (χ2v) is 12.0. The highest BCUT2D eigenvalue weighted by molar-refractivity contribution is 6.19. The first-order valence-corrected chi connectivity index (χ1v) is 13.3. The van der Waals surface area contributed by atoms with Gasteiger partial charge in [0.15, 0.2) is 0 Å². The smallest absolute Gasteiger partial charge is 0.259 e. The van der Waals surface area contributed by atoms with Crippen LogP contribution in [-0.4, -0.2) is 60.2 Å². The number of rotatable bonds is 5. The van der Waals surface area contributed by atoms with Crippen LogP contribution in [0.4, 0.5) is 0 Å². The molecule has 5 aliphatic rings. The van der Waals surface area contributed by atoms with Crippen molar-refractivity contribution >= 4 is 17.7 Å². The average Bonchev–Trinajstić information content (AvgIpc) is 3.38. The maximum atomic E-state index is 13.2. The Labute approximate surface area is 198 Å². The SMILES string of the molecule is CN1C(=O)C(C(=O)NCCCN2CCCC2=O)=C[C@@]2(C)C1CC[C@@H]1[C@H]2CC[C@]2(C)CCC[C@@H]12. The lowest BCUT2D eigenvalue weighted by Crippen LogP contribution is -2.61. The van der Waals surface area contributed by atoms with Crippen molar-refractivity contribution in [3.8, 4) is 0 Å². The van der Waals surface area contributed by atoms with Gasteiger partial charge in [0, 0.05) is 44.6 Å². The fourth-order valence-corrected chi connectivity index (χ4v) is 8.55. The molecule has 2 aliphatic heterocycles. The van der Waals surface area contributed by atoms with E-state index in [1.54, 1.807) is 0 Å². The van der Waals surface area contributed by atoms with Crippen LogP contribution in [0.1, 0.15) is 78.1 Å². The summed E-state index contributed by atoms with van der Waals surface area (Å²) in [5.74, 6) is 1.90. The van der Waals surface area contributed by atoms with Crippen LogP contribution >= 0.6 is 0 Å². The number of amides is 3. The molecular weight excluding hydrogens is 414 g/mol. The van der Waals surface area contributed by atoms with Crippen molar-refractivity contribution in [3.63, 3.8) is 0 Å². The number of fused-ring (bicyclic) bond motifs is 5. The molecule has 5 rings (SSSR count). The van der Waals surface area contributed by atoms with Gasteiger partial charge in [-0.3, -0.25) is 14.4 Å². The molecule has 1 unspecified atom stereocenters. The summed E-state index contributed by atoms with van der Waals surface area (Å²) in [5, 5.41) is 2.98. The predicted molar refractivity (Wildman–Crippen MR) is 127 cm³/mol. The third kappa shape index (κ3) is 3.72. The van der Waals surface area contributed by atoms with Gasteiger partial charge in [-0.15, -0.1) is 0 Å². The van der Waals surface area contributed by atoms with Crippen LogP contribution in [0.15, 0.2) is 11.6 Å². The van der Waals surface area contributed by atoms with E-state index < -0.39 is 0 Å². The fraction of sp³-hybridized carbons (Fsp3) is 0.815. The van der Waals surface area contributed by atoms with Crippen LogP contribution in [0.5, 0.6) is 0 Å². The largest absolute Gasteiger partial charge is 0.352 e. The Balaban J connectivity index is 1.30. The Bertz CT molecular complexity index is 869. The van der Waals surface area contributed by atoms with E-state index in [0.29, 0.717) is 42.3 Å². The normalized spacial score (nSPS) is 40.3. The minimum Gasteiger partial charge on any atom is -0.352 e. The third-order valence-electron chi connectivity index (χ3n) is 10.3. The summed E-state index contributed by atoms with van der Waals surface area (Å²) >= 11 is 0. The van der Waals surface area contributed by atoms with Gasteiger partial charge in [0.2, 0.25) is 5.91 Å². The topological polar surface area (TPSA) is 69.7 Å². The highest BCUT2D eigenvalue weighted by Crippen LogP contribution is 2.64. The molecule has 2 heterocycles. The molecule has 182 valence electrons. The number of hydrogen-bond donors (Lipinski definition) is 1. The quantitative estimate of drug-likeness (QED) is 0.509. The van der Waals surface area contributed by atoms with Gasteiger partial charge < -0.3 is 15.1 Å². The van der Waals surface area contributed by atoms with Gasteiger partial charge in [-0.05, 0) is 74.5 Å². The van der Waals surface area contributed by atoms with Gasteiger partial charge in [0.1, 0.15) is 5.57 Å². The molecule has 0 radical (unpaired) electrons. The molecule has 3 amide bonds. The number of likely N-dealkylation sites (N-methyl/N-ethyl adjacent to an activating group) is 1. The van der Waals surface area contributed by atoms with Crippen LogP contribution in [-0.2, 0) is 14.4 Å². The van der Waals surface area contributed by atoms with Gasteiger partial charge in [-0.1, -0.05) is 26.3 Å². The zero-order chi connectivity index (χ0) is 23.4. The van der Waals surface area contributed by atoms with E-state index in [4.69, 9.17) is 0 Å². The first kappa shape index (κ1) is 22.9. The molecule has 6 heteroatoms. The molecule has 0 bridgehead atoms. The Morgan fingerprint density at radius 2 is 1.91 bits per heavy atom. The van der Waals surface area contributed by atoms with E-state index in [2.05, 4.69) is 25.2 Å².